The Balaban J connectivity index is 2.07. The first-order valence-electron chi connectivity index (χ1n) is 4.63. The van der Waals surface area contributed by atoms with E-state index in [0.717, 1.165) is 0 Å². The van der Waals surface area contributed by atoms with Crippen LogP contribution in [-0.4, -0.2) is 24.1 Å². The van der Waals surface area contributed by atoms with E-state index in [-0.39, 0.29) is 5.76 Å². The zero-order valence-corrected chi connectivity index (χ0v) is 9.03. The summed E-state index contributed by atoms with van der Waals surface area (Å²) >= 11 is 5.86. The number of aromatic nitrogens is 1. The first-order chi connectivity index (χ1) is 7.77. The van der Waals surface area contributed by atoms with E-state index < -0.39 is 5.91 Å². The number of pyridine rings is 1. The lowest BCUT2D eigenvalue weighted by Gasteiger charge is -2.15. The van der Waals surface area contributed by atoms with E-state index in [1.54, 1.807) is 6.07 Å². The van der Waals surface area contributed by atoms with Crippen LogP contribution in [0.25, 0.3) is 0 Å². The van der Waals surface area contributed by atoms with Crippen molar-refractivity contribution < 1.29 is 14.3 Å². The molecule has 1 aromatic heterocycles. The van der Waals surface area contributed by atoms with Gasteiger partial charge in [0.1, 0.15) is 19.5 Å². The van der Waals surface area contributed by atoms with Crippen molar-refractivity contribution in [3.63, 3.8) is 0 Å². The number of halogens is 1. The molecule has 16 heavy (non-hydrogen) atoms. The Morgan fingerprint density at radius 3 is 3.06 bits per heavy atom. The molecule has 0 aromatic carbocycles. The minimum Gasteiger partial charge on any atom is -0.494 e. The highest BCUT2D eigenvalue weighted by Gasteiger charge is 2.16. The van der Waals surface area contributed by atoms with Crippen LogP contribution < -0.4 is 5.32 Å². The van der Waals surface area contributed by atoms with E-state index in [1.807, 2.05) is 0 Å². The molecule has 1 amide bonds. The molecule has 1 N–H and O–H groups in total. The average Bonchev–Trinajstić information content (AvgIpc) is 2.33. The molecule has 0 saturated carbocycles. The summed E-state index contributed by atoms with van der Waals surface area (Å²) in [4.78, 5) is 15.5. The molecule has 0 atom stereocenters. The molecule has 0 unspecified atom stereocenters. The number of hydrogen-bond donors (Lipinski definition) is 1. The van der Waals surface area contributed by atoms with Crippen LogP contribution in [0.3, 0.4) is 0 Å². The third-order valence-corrected chi connectivity index (χ3v) is 2.22. The summed E-state index contributed by atoms with van der Waals surface area (Å²) in [5, 5.41) is 2.99. The van der Waals surface area contributed by atoms with Crippen LogP contribution in [0.2, 0.25) is 5.02 Å². The quantitative estimate of drug-likeness (QED) is 0.852. The highest BCUT2D eigenvalue weighted by Crippen LogP contribution is 2.20. The fourth-order valence-corrected chi connectivity index (χ4v) is 1.29. The highest BCUT2D eigenvalue weighted by molar-refractivity contribution is 6.33. The number of amides is 1. The standard InChI is InChI=1S/C10H9ClN2O3/c11-7-1-2-12-5-8(7)13-10(14)9-6-15-3-4-16-9/h1-2,5-6H,3-4H2,(H,13,14). The molecule has 1 aliphatic rings. The molecular weight excluding hydrogens is 232 g/mol. The molecule has 1 aliphatic heterocycles. The number of nitrogens with one attached hydrogen (secondary N) is 1. The van der Waals surface area contributed by atoms with Gasteiger partial charge in [-0.05, 0) is 6.07 Å². The maximum absolute atomic E-state index is 11.6. The molecule has 6 heteroatoms. The van der Waals surface area contributed by atoms with Gasteiger partial charge in [-0.15, -0.1) is 0 Å². The summed E-state index contributed by atoms with van der Waals surface area (Å²) in [5.74, 6) is -0.277. The predicted molar refractivity (Wildman–Crippen MR) is 57.9 cm³/mol. The maximum Gasteiger partial charge on any atom is 0.294 e. The Hall–Kier alpha value is -1.75. The largest absolute Gasteiger partial charge is 0.494 e. The van der Waals surface area contributed by atoms with Crippen LogP contribution in [0, 0.1) is 0 Å². The van der Waals surface area contributed by atoms with E-state index >= 15 is 0 Å². The van der Waals surface area contributed by atoms with Crippen LogP contribution in [0.1, 0.15) is 0 Å². The minimum atomic E-state index is -0.408. The number of rotatable bonds is 2. The predicted octanol–water partition coefficient (Wildman–Crippen LogP) is 1.56. The lowest BCUT2D eigenvalue weighted by molar-refractivity contribution is -0.117. The van der Waals surface area contributed by atoms with Gasteiger partial charge in [0.2, 0.25) is 5.76 Å². The van der Waals surface area contributed by atoms with Crippen molar-refractivity contribution >= 4 is 23.2 Å². The number of nitrogens with zero attached hydrogens (tertiary/aromatic N) is 1. The van der Waals surface area contributed by atoms with Crippen molar-refractivity contribution in [3.8, 4) is 0 Å². The van der Waals surface area contributed by atoms with Crippen LogP contribution in [0.15, 0.2) is 30.5 Å². The molecule has 0 fully saturated rings. The van der Waals surface area contributed by atoms with Crippen LogP contribution in [-0.2, 0) is 14.3 Å². The Labute approximate surface area is 97.0 Å². The first-order valence-corrected chi connectivity index (χ1v) is 5.00. The van der Waals surface area contributed by atoms with Crippen LogP contribution in [0.4, 0.5) is 5.69 Å². The monoisotopic (exact) mass is 240 g/mol. The number of ether oxygens (including phenoxy) is 2. The second-order valence-corrected chi connectivity index (χ2v) is 3.42. The van der Waals surface area contributed by atoms with Crippen molar-refractivity contribution in [1.29, 1.82) is 0 Å². The van der Waals surface area contributed by atoms with Gasteiger partial charge in [0.25, 0.3) is 5.91 Å². The van der Waals surface area contributed by atoms with Crippen molar-refractivity contribution in [2.45, 2.75) is 0 Å². The van der Waals surface area contributed by atoms with Gasteiger partial charge in [-0.1, -0.05) is 11.6 Å². The summed E-state index contributed by atoms with van der Waals surface area (Å²) in [6.45, 7) is 0.810. The average molecular weight is 241 g/mol. The van der Waals surface area contributed by atoms with Crippen molar-refractivity contribution in [1.82, 2.24) is 4.98 Å². The molecule has 1 aromatic rings. The zero-order chi connectivity index (χ0) is 11.4. The summed E-state index contributed by atoms with van der Waals surface area (Å²) in [7, 11) is 0. The van der Waals surface area contributed by atoms with Gasteiger partial charge in [0.15, 0.2) is 0 Å². The van der Waals surface area contributed by atoms with Crippen molar-refractivity contribution in [2.75, 3.05) is 18.5 Å². The second-order valence-electron chi connectivity index (χ2n) is 3.01. The van der Waals surface area contributed by atoms with Gasteiger partial charge in [-0.2, -0.15) is 0 Å². The van der Waals surface area contributed by atoms with Gasteiger partial charge >= 0.3 is 0 Å². The SMILES string of the molecule is O=C(Nc1cnccc1Cl)C1=COCCO1. The summed E-state index contributed by atoms with van der Waals surface area (Å²) in [6, 6.07) is 1.59. The van der Waals surface area contributed by atoms with E-state index in [2.05, 4.69) is 10.3 Å². The molecule has 84 valence electrons. The Morgan fingerprint density at radius 1 is 1.50 bits per heavy atom. The zero-order valence-electron chi connectivity index (χ0n) is 8.27. The minimum absolute atomic E-state index is 0.131. The number of carbonyl (C=O) groups excluding carboxylic acids is 1. The van der Waals surface area contributed by atoms with Crippen LogP contribution >= 0.6 is 11.6 Å². The topological polar surface area (TPSA) is 60.5 Å². The van der Waals surface area contributed by atoms with E-state index in [1.165, 1.54) is 18.7 Å². The van der Waals surface area contributed by atoms with E-state index in [0.29, 0.717) is 23.9 Å². The molecule has 2 rings (SSSR count). The maximum atomic E-state index is 11.6. The molecule has 5 nitrogen and oxygen atoms in total. The highest BCUT2D eigenvalue weighted by atomic mass is 35.5. The van der Waals surface area contributed by atoms with Crippen LogP contribution in [0.5, 0.6) is 0 Å². The number of hydrogen-bond acceptors (Lipinski definition) is 4. The second kappa shape index (κ2) is 4.85. The number of anilines is 1. The summed E-state index contributed by atoms with van der Waals surface area (Å²) in [6.07, 6.45) is 4.28. The first kappa shape index (κ1) is 10.8. The van der Waals surface area contributed by atoms with E-state index in [4.69, 9.17) is 21.1 Å². The lowest BCUT2D eigenvalue weighted by atomic mass is 10.4. The van der Waals surface area contributed by atoms with Gasteiger partial charge in [-0.3, -0.25) is 9.78 Å². The molecule has 0 bridgehead atoms. The van der Waals surface area contributed by atoms with Gasteiger partial charge in [0, 0.05) is 6.20 Å². The van der Waals surface area contributed by atoms with Gasteiger partial charge in [-0.25, -0.2) is 0 Å². The lowest BCUT2D eigenvalue weighted by Crippen LogP contribution is -2.21. The third kappa shape index (κ3) is 2.43. The summed E-state index contributed by atoms with van der Waals surface area (Å²) in [5.41, 5.74) is 0.434. The van der Waals surface area contributed by atoms with Gasteiger partial charge < -0.3 is 14.8 Å². The van der Waals surface area contributed by atoms with Crippen molar-refractivity contribution in [3.05, 3.63) is 35.5 Å². The molecule has 0 radical (unpaired) electrons. The fraction of sp³-hybridized carbons (Fsp3) is 0.200. The normalized spacial score (nSPS) is 14.4. The van der Waals surface area contributed by atoms with E-state index in [9.17, 15) is 4.79 Å². The van der Waals surface area contributed by atoms with Crippen molar-refractivity contribution in [2.24, 2.45) is 0 Å². The summed E-state index contributed by atoms with van der Waals surface area (Å²) < 4.78 is 10.1. The third-order valence-electron chi connectivity index (χ3n) is 1.89. The number of carbonyl (C=O) groups is 1. The molecule has 0 aliphatic carbocycles. The smallest absolute Gasteiger partial charge is 0.294 e. The Bertz CT molecular complexity index is 434. The Morgan fingerprint density at radius 2 is 2.38 bits per heavy atom. The van der Waals surface area contributed by atoms with Gasteiger partial charge in [0.05, 0.1) is 16.9 Å². The fourth-order valence-electron chi connectivity index (χ4n) is 1.14. The molecule has 2 heterocycles. The molecule has 0 saturated heterocycles. The molecular formula is C10H9ClN2O3. The molecule has 0 spiro atoms. The Kier molecular flexibility index (Phi) is 3.26.